The molecule has 2 aromatic heterocycles. The van der Waals surface area contributed by atoms with Crippen LogP contribution in [0.1, 0.15) is 68.5 Å². The number of hydrogen-bond donors (Lipinski definition) is 0. The second-order valence-corrected chi connectivity index (χ2v) is 14.0. The number of carbonyl (C=O) groups is 1. The number of nitrogens with zero attached hydrogens (tertiary/aromatic N) is 7. The van der Waals surface area contributed by atoms with Gasteiger partial charge in [-0.15, -0.1) is 6.58 Å². The summed E-state index contributed by atoms with van der Waals surface area (Å²) in [5.41, 5.74) is 1.31. The highest BCUT2D eigenvalue weighted by Crippen LogP contribution is 2.43. The van der Waals surface area contributed by atoms with E-state index >= 15 is 0 Å². The number of methoxy groups -OCH3 is 1. The summed E-state index contributed by atoms with van der Waals surface area (Å²) in [6.45, 7) is 20.6. The first kappa shape index (κ1) is 35.7. The van der Waals surface area contributed by atoms with Crippen molar-refractivity contribution >= 4 is 23.7 Å². The Hall–Kier alpha value is -3.58. The number of ether oxygens (including phenoxy) is 2. The van der Waals surface area contributed by atoms with Crippen LogP contribution in [0.5, 0.6) is 0 Å². The van der Waals surface area contributed by atoms with Crippen molar-refractivity contribution in [3.63, 3.8) is 0 Å². The average Bonchev–Trinajstić information content (AvgIpc) is 3.40. The maximum Gasteiger partial charge on any atom is 0.434 e. The number of piperazine rings is 1. The lowest BCUT2D eigenvalue weighted by atomic mass is 9.89. The van der Waals surface area contributed by atoms with Crippen LogP contribution < -0.4 is 9.80 Å². The first-order valence-electron chi connectivity index (χ1n) is 16.9. The summed E-state index contributed by atoms with van der Waals surface area (Å²) in [7, 11) is 1.66. The predicted molar refractivity (Wildman–Crippen MR) is 181 cm³/mol. The second kappa shape index (κ2) is 14.5. The van der Waals surface area contributed by atoms with E-state index in [0.717, 1.165) is 18.4 Å². The average molecular weight is 674 g/mol. The summed E-state index contributed by atoms with van der Waals surface area (Å²) < 4.78 is 56.5. The maximum absolute atomic E-state index is 14.6. The monoisotopic (exact) mass is 673 g/mol. The van der Waals surface area contributed by atoms with Gasteiger partial charge in [-0.3, -0.25) is 9.58 Å². The molecule has 3 aliphatic heterocycles. The van der Waals surface area contributed by atoms with Gasteiger partial charge in [0.2, 0.25) is 0 Å². The first-order valence-corrected chi connectivity index (χ1v) is 16.9. The molecular formula is C35H50F3N7O3. The predicted octanol–water partition coefficient (Wildman–Crippen LogP) is 5.96. The van der Waals surface area contributed by atoms with Gasteiger partial charge in [-0.1, -0.05) is 18.7 Å². The summed E-state index contributed by atoms with van der Waals surface area (Å²) in [5, 5.41) is 4.53. The highest BCUT2D eigenvalue weighted by molar-refractivity contribution is 5.74. The fourth-order valence-electron chi connectivity index (χ4n) is 7.29. The van der Waals surface area contributed by atoms with Gasteiger partial charge in [0.15, 0.2) is 5.69 Å². The Morgan fingerprint density at radius 1 is 1.08 bits per heavy atom. The normalized spacial score (nSPS) is 21.3. The van der Waals surface area contributed by atoms with Gasteiger partial charge in [0.25, 0.3) is 0 Å². The molecule has 0 saturated carbocycles. The molecule has 0 aromatic carbocycles. The third kappa shape index (κ3) is 7.67. The highest BCUT2D eigenvalue weighted by Gasteiger charge is 2.46. The molecule has 5 rings (SSSR count). The molecule has 0 radical (unpaired) electrons. The quantitative estimate of drug-likeness (QED) is 0.286. The fourth-order valence-corrected chi connectivity index (χ4v) is 7.29. The summed E-state index contributed by atoms with van der Waals surface area (Å²) >= 11 is 0. The summed E-state index contributed by atoms with van der Waals surface area (Å²) in [5.74, 6) is 0.580. The molecule has 3 fully saturated rings. The minimum Gasteiger partial charge on any atom is -0.444 e. The van der Waals surface area contributed by atoms with E-state index in [0.29, 0.717) is 76.9 Å². The number of rotatable bonds is 10. The van der Waals surface area contributed by atoms with Gasteiger partial charge in [-0.2, -0.15) is 18.3 Å². The Morgan fingerprint density at radius 3 is 2.35 bits per heavy atom. The topological polar surface area (TPSA) is 79.2 Å². The minimum atomic E-state index is -4.65. The smallest absolute Gasteiger partial charge is 0.434 e. The Balaban J connectivity index is 1.35. The van der Waals surface area contributed by atoms with Crippen molar-refractivity contribution in [3.05, 3.63) is 54.0 Å². The Morgan fingerprint density at radius 2 is 1.77 bits per heavy atom. The fraction of sp³-hybridized carbons (Fsp3) is 0.629. The number of hydrogen-bond acceptors (Lipinski definition) is 8. The van der Waals surface area contributed by atoms with Gasteiger partial charge < -0.3 is 24.2 Å². The Labute approximate surface area is 282 Å². The molecule has 10 nitrogen and oxygen atoms in total. The maximum atomic E-state index is 14.6. The number of pyridine rings is 1. The van der Waals surface area contributed by atoms with Crippen molar-refractivity contribution in [2.45, 2.75) is 83.3 Å². The molecule has 13 heteroatoms. The zero-order chi connectivity index (χ0) is 34.8. The molecule has 0 unspecified atom stereocenters. The number of aryl methyl sites for hydroxylation is 1. The number of amides is 1. The van der Waals surface area contributed by atoms with Gasteiger partial charge in [0.1, 0.15) is 11.4 Å². The number of alkyl halides is 3. The van der Waals surface area contributed by atoms with Crippen LogP contribution in [0.15, 0.2) is 31.5 Å². The van der Waals surface area contributed by atoms with E-state index in [1.165, 1.54) is 11.8 Å². The molecule has 2 aromatic rings. The van der Waals surface area contributed by atoms with Gasteiger partial charge in [-0.25, -0.2) is 9.78 Å². The van der Waals surface area contributed by atoms with E-state index in [2.05, 4.69) is 40.0 Å². The number of aromatic nitrogens is 3. The molecule has 5 heterocycles. The van der Waals surface area contributed by atoms with Gasteiger partial charge >= 0.3 is 12.3 Å². The minimum absolute atomic E-state index is 0.000984. The number of anilines is 2. The molecular weight excluding hydrogens is 623 g/mol. The molecule has 0 N–H and O–H groups in total. The SMILES string of the molecule is C=CC[C@H]1[C@H](N2CCN(C(=O)OC(C)(C)C)CC2)CN1c1cc(N2CCC(c3c(C)cnn3CCOC)CC2)nc(C(F)(F)F)c1C=C. The third-order valence-electron chi connectivity index (χ3n) is 9.66. The second-order valence-electron chi connectivity index (χ2n) is 14.0. The van der Waals surface area contributed by atoms with E-state index in [1.807, 2.05) is 48.7 Å². The van der Waals surface area contributed by atoms with Crippen molar-refractivity contribution in [1.29, 1.82) is 0 Å². The van der Waals surface area contributed by atoms with E-state index in [4.69, 9.17) is 9.47 Å². The third-order valence-corrected chi connectivity index (χ3v) is 9.66. The lowest BCUT2D eigenvalue weighted by Crippen LogP contribution is -2.69. The molecule has 0 bridgehead atoms. The van der Waals surface area contributed by atoms with Crippen molar-refractivity contribution in [2.24, 2.45) is 0 Å². The van der Waals surface area contributed by atoms with Crippen LogP contribution in [0.4, 0.5) is 29.5 Å². The molecule has 0 spiro atoms. The molecule has 2 atom stereocenters. The van der Waals surface area contributed by atoms with Crippen LogP contribution in [0.2, 0.25) is 0 Å². The highest BCUT2D eigenvalue weighted by atomic mass is 19.4. The van der Waals surface area contributed by atoms with Crippen LogP contribution >= 0.6 is 0 Å². The van der Waals surface area contributed by atoms with Crippen LogP contribution in [0.25, 0.3) is 6.08 Å². The van der Waals surface area contributed by atoms with Crippen LogP contribution in [0, 0.1) is 6.92 Å². The van der Waals surface area contributed by atoms with Crippen LogP contribution in [0.3, 0.4) is 0 Å². The van der Waals surface area contributed by atoms with Crippen molar-refractivity contribution < 1.29 is 27.4 Å². The molecule has 0 aliphatic carbocycles. The van der Waals surface area contributed by atoms with E-state index in [-0.39, 0.29) is 29.7 Å². The van der Waals surface area contributed by atoms with E-state index in [1.54, 1.807) is 12.0 Å². The van der Waals surface area contributed by atoms with E-state index in [9.17, 15) is 18.0 Å². The lowest BCUT2D eigenvalue weighted by Gasteiger charge is -2.55. The number of halogens is 3. The van der Waals surface area contributed by atoms with Gasteiger partial charge in [0, 0.05) is 88.2 Å². The molecule has 1 amide bonds. The number of piperidine rings is 1. The standard InChI is InChI=1S/C35H50F3N7O3/c1-8-10-27-29(41-15-17-43(18-16-41)33(46)48-34(4,5)6)23-44(27)28-21-30(40-32(26(28)9-2)35(36,37)38)42-13-11-25(12-14-42)31-24(3)22-39-45(31)19-20-47-7/h8-9,21-22,25,27,29H,1-2,10-20,23H2,3-7H3/t27-,29+/m0/s1. The zero-order valence-electron chi connectivity index (χ0n) is 28.9. The summed E-state index contributed by atoms with van der Waals surface area (Å²) in [4.78, 5) is 24.9. The Kier molecular flexibility index (Phi) is 10.8. The molecule has 264 valence electrons. The first-order chi connectivity index (χ1) is 22.7. The van der Waals surface area contributed by atoms with Crippen molar-refractivity contribution in [3.8, 4) is 0 Å². The molecule has 48 heavy (non-hydrogen) atoms. The van der Waals surface area contributed by atoms with E-state index < -0.39 is 17.5 Å². The molecule has 3 saturated heterocycles. The summed E-state index contributed by atoms with van der Waals surface area (Å²) in [6.07, 6.45) is 2.17. The largest absolute Gasteiger partial charge is 0.444 e. The Bertz CT molecular complexity index is 1450. The van der Waals surface area contributed by atoms with Crippen LogP contribution in [-0.4, -0.2) is 108 Å². The summed E-state index contributed by atoms with van der Waals surface area (Å²) in [6, 6.07) is 1.84. The lowest BCUT2D eigenvalue weighted by molar-refractivity contribution is -0.141. The zero-order valence-corrected chi connectivity index (χ0v) is 28.9. The van der Waals surface area contributed by atoms with Gasteiger partial charge in [0.05, 0.1) is 25.0 Å². The van der Waals surface area contributed by atoms with Crippen molar-refractivity contribution in [1.82, 2.24) is 24.6 Å². The molecule has 3 aliphatic rings. The van der Waals surface area contributed by atoms with Gasteiger partial charge in [-0.05, 0) is 52.5 Å². The number of carbonyl (C=O) groups excluding carboxylic acids is 1. The van der Waals surface area contributed by atoms with Crippen molar-refractivity contribution in [2.75, 3.05) is 69.3 Å². The van der Waals surface area contributed by atoms with Crippen LogP contribution in [-0.2, 0) is 22.2 Å².